The van der Waals surface area contributed by atoms with E-state index in [1.807, 2.05) is 0 Å². The zero-order valence-electron chi connectivity index (χ0n) is 10.8. The SMILES string of the molecule is CCCCCCCC(N)CCOC(=O)CN.Cl. The predicted octanol–water partition coefficient (Wildman–Crippen LogP) is 1.99. The average molecular weight is 267 g/mol. The Morgan fingerprint density at radius 2 is 1.82 bits per heavy atom. The molecular weight excluding hydrogens is 240 g/mol. The lowest BCUT2D eigenvalue weighted by Crippen LogP contribution is -2.24. The van der Waals surface area contributed by atoms with Crippen LogP contribution in [-0.2, 0) is 9.53 Å². The van der Waals surface area contributed by atoms with E-state index in [1.54, 1.807) is 0 Å². The summed E-state index contributed by atoms with van der Waals surface area (Å²) in [7, 11) is 0. The van der Waals surface area contributed by atoms with Crippen molar-refractivity contribution in [2.45, 2.75) is 57.9 Å². The maximum Gasteiger partial charge on any atom is 0.319 e. The minimum atomic E-state index is -0.352. The largest absolute Gasteiger partial charge is 0.465 e. The van der Waals surface area contributed by atoms with Crippen molar-refractivity contribution in [1.29, 1.82) is 0 Å². The van der Waals surface area contributed by atoms with Gasteiger partial charge in [-0.15, -0.1) is 12.4 Å². The number of hydrogen-bond acceptors (Lipinski definition) is 4. The van der Waals surface area contributed by atoms with Crippen molar-refractivity contribution in [2.75, 3.05) is 13.2 Å². The van der Waals surface area contributed by atoms with Crippen LogP contribution in [0, 0.1) is 0 Å². The summed E-state index contributed by atoms with van der Waals surface area (Å²) in [6.07, 6.45) is 8.05. The molecule has 4 N–H and O–H groups in total. The monoisotopic (exact) mass is 266 g/mol. The number of unbranched alkanes of at least 4 members (excludes halogenated alkanes) is 4. The van der Waals surface area contributed by atoms with E-state index < -0.39 is 0 Å². The third kappa shape index (κ3) is 13.6. The van der Waals surface area contributed by atoms with Gasteiger partial charge in [-0.25, -0.2) is 0 Å². The Morgan fingerprint density at radius 3 is 2.41 bits per heavy atom. The van der Waals surface area contributed by atoms with E-state index in [4.69, 9.17) is 16.2 Å². The second-order valence-electron chi connectivity index (χ2n) is 4.18. The molecule has 1 atom stereocenters. The van der Waals surface area contributed by atoms with Crippen LogP contribution in [-0.4, -0.2) is 25.2 Å². The molecule has 0 amide bonds. The van der Waals surface area contributed by atoms with Crippen LogP contribution in [0.25, 0.3) is 0 Å². The van der Waals surface area contributed by atoms with Gasteiger partial charge in [-0.1, -0.05) is 39.0 Å². The van der Waals surface area contributed by atoms with E-state index in [-0.39, 0.29) is 31.0 Å². The van der Waals surface area contributed by atoms with Crippen molar-refractivity contribution in [3.63, 3.8) is 0 Å². The van der Waals surface area contributed by atoms with Gasteiger partial charge in [0.15, 0.2) is 0 Å². The van der Waals surface area contributed by atoms with Gasteiger partial charge >= 0.3 is 5.97 Å². The van der Waals surface area contributed by atoms with Gasteiger partial charge in [0.05, 0.1) is 13.2 Å². The third-order valence-electron chi connectivity index (χ3n) is 2.60. The van der Waals surface area contributed by atoms with Crippen LogP contribution in [0.4, 0.5) is 0 Å². The smallest absolute Gasteiger partial charge is 0.319 e. The Balaban J connectivity index is 0. The topological polar surface area (TPSA) is 78.3 Å². The molecule has 4 nitrogen and oxygen atoms in total. The zero-order valence-corrected chi connectivity index (χ0v) is 11.6. The molecule has 104 valence electrons. The molecule has 0 saturated heterocycles. The molecule has 0 fully saturated rings. The minimum Gasteiger partial charge on any atom is -0.465 e. The second-order valence-corrected chi connectivity index (χ2v) is 4.18. The first-order chi connectivity index (χ1) is 7.70. The van der Waals surface area contributed by atoms with Gasteiger partial charge in [0.2, 0.25) is 0 Å². The van der Waals surface area contributed by atoms with Gasteiger partial charge in [0, 0.05) is 6.04 Å². The van der Waals surface area contributed by atoms with Crippen molar-refractivity contribution < 1.29 is 9.53 Å². The molecule has 0 aliphatic rings. The molecule has 5 heteroatoms. The Morgan fingerprint density at radius 1 is 1.18 bits per heavy atom. The van der Waals surface area contributed by atoms with Crippen LogP contribution < -0.4 is 11.5 Å². The fraction of sp³-hybridized carbons (Fsp3) is 0.917. The van der Waals surface area contributed by atoms with Crippen LogP contribution >= 0.6 is 12.4 Å². The molecule has 1 unspecified atom stereocenters. The van der Waals surface area contributed by atoms with E-state index in [0.717, 1.165) is 12.8 Å². The summed E-state index contributed by atoms with van der Waals surface area (Å²) in [6.45, 7) is 2.55. The molecule has 0 heterocycles. The highest BCUT2D eigenvalue weighted by Gasteiger charge is 2.04. The molecule has 0 bridgehead atoms. The maximum absolute atomic E-state index is 10.7. The van der Waals surface area contributed by atoms with Crippen molar-refractivity contribution >= 4 is 18.4 Å². The van der Waals surface area contributed by atoms with Gasteiger partial charge in [-0.2, -0.15) is 0 Å². The summed E-state index contributed by atoms with van der Waals surface area (Å²) in [5, 5.41) is 0. The molecule has 0 aromatic rings. The first-order valence-corrected chi connectivity index (χ1v) is 6.32. The van der Waals surface area contributed by atoms with E-state index in [1.165, 1.54) is 32.1 Å². The van der Waals surface area contributed by atoms with Crippen LogP contribution in [0.1, 0.15) is 51.9 Å². The maximum atomic E-state index is 10.7. The van der Waals surface area contributed by atoms with Crippen LogP contribution in [0.3, 0.4) is 0 Å². The van der Waals surface area contributed by atoms with E-state index in [0.29, 0.717) is 6.61 Å². The second kappa shape index (κ2) is 13.7. The third-order valence-corrected chi connectivity index (χ3v) is 2.60. The van der Waals surface area contributed by atoms with Crippen LogP contribution in [0.2, 0.25) is 0 Å². The molecule has 0 radical (unpaired) electrons. The van der Waals surface area contributed by atoms with Gasteiger partial charge in [-0.05, 0) is 12.8 Å². The van der Waals surface area contributed by atoms with Crippen molar-refractivity contribution in [1.82, 2.24) is 0 Å². The quantitative estimate of drug-likeness (QED) is 0.468. The fourth-order valence-corrected chi connectivity index (χ4v) is 1.54. The summed E-state index contributed by atoms with van der Waals surface area (Å²) in [5.74, 6) is -0.352. The summed E-state index contributed by atoms with van der Waals surface area (Å²) >= 11 is 0. The summed E-state index contributed by atoms with van der Waals surface area (Å²) in [4.78, 5) is 10.7. The van der Waals surface area contributed by atoms with Gasteiger partial charge in [0.25, 0.3) is 0 Å². The standard InChI is InChI=1S/C12H26N2O2.ClH/c1-2-3-4-5-6-7-11(14)8-9-16-12(15)10-13;/h11H,2-10,13-14H2,1H3;1H. The Labute approximate surface area is 111 Å². The van der Waals surface area contributed by atoms with E-state index in [2.05, 4.69) is 6.92 Å². The molecular formula is C12H27ClN2O2. The Hall–Kier alpha value is -0.320. The van der Waals surface area contributed by atoms with E-state index >= 15 is 0 Å². The normalized spacial score (nSPS) is 11.7. The lowest BCUT2D eigenvalue weighted by atomic mass is 10.1. The van der Waals surface area contributed by atoms with E-state index in [9.17, 15) is 4.79 Å². The highest BCUT2D eigenvalue weighted by molar-refractivity contribution is 5.85. The Bertz CT molecular complexity index is 180. The lowest BCUT2D eigenvalue weighted by Gasteiger charge is -2.11. The molecule has 0 saturated carbocycles. The van der Waals surface area contributed by atoms with Gasteiger partial charge in [-0.3, -0.25) is 4.79 Å². The van der Waals surface area contributed by atoms with Gasteiger partial charge in [0.1, 0.15) is 0 Å². The van der Waals surface area contributed by atoms with Crippen molar-refractivity contribution in [3.8, 4) is 0 Å². The van der Waals surface area contributed by atoms with Crippen LogP contribution in [0.15, 0.2) is 0 Å². The molecule has 0 aromatic heterocycles. The highest BCUT2D eigenvalue weighted by Crippen LogP contribution is 2.07. The molecule has 0 aromatic carbocycles. The lowest BCUT2D eigenvalue weighted by molar-refractivity contribution is -0.142. The summed E-state index contributed by atoms with van der Waals surface area (Å²) in [6, 6.07) is 0.146. The minimum absolute atomic E-state index is 0. The molecule has 17 heavy (non-hydrogen) atoms. The number of esters is 1. The number of ether oxygens (including phenoxy) is 1. The van der Waals surface area contributed by atoms with Crippen molar-refractivity contribution in [3.05, 3.63) is 0 Å². The van der Waals surface area contributed by atoms with Crippen molar-refractivity contribution in [2.24, 2.45) is 11.5 Å². The summed E-state index contributed by atoms with van der Waals surface area (Å²) in [5.41, 5.74) is 11.0. The van der Waals surface area contributed by atoms with Gasteiger partial charge < -0.3 is 16.2 Å². The number of carbonyl (C=O) groups is 1. The molecule has 0 spiro atoms. The molecule has 0 rings (SSSR count). The molecule has 0 aliphatic carbocycles. The average Bonchev–Trinajstić information content (AvgIpc) is 2.28. The summed E-state index contributed by atoms with van der Waals surface area (Å²) < 4.78 is 4.86. The molecule has 0 aliphatic heterocycles. The number of rotatable bonds is 10. The first kappa shape index (κ1) is 19.0. The number of nitrogens with two attached hydrogens (primary N) is 2. The fourth-order valence-electron chi connectivity index (χ4n) is 1.54. The van der Waals surface area contributed by atoms with Crippen LogP contribution in [0.5, 0.6) is 0 Å². The zero-order chi connectivity index (χ0) is 12.2. The number of carbonyl (C=O) groups excluding carboxylic acids is 1. The number of hydrogen-bond donors (Lipinski definition) is 2. The number of halogens is 1. The highest BCUT2D eigenvalue weighted by atomic mass is 35.5. The predicted molar refractivity (Wildman–Crippen MR) is 73.2 cm³/mol. The Kier molecular flexibility index (Phi) is 15.4. The first-order valence-electron chi connectivity index (χ1n) is 6.32.